The molecule has 0 aliphatic carbocycles. The lowest BCUT2D eigenvalue weighted by atomic mass is 10.1. The van der Waals surface area contributed by atoms with Gasteiger partial charge in [-0.05, 0) is 25.5 Å². The van der Waals surface area contributed by atoms with Gasteiger partial charge in [-0.1, -0.05) is 17.7 Å². The molecule has 5 nitrogen and oxygen atoms in total. The average Bonchev–Trinajstić information content (AvgIpc) is 2.42. The van der Waals surface area contributed by atoms with Gasteiger partial charge in [0.1, 0.15) is 11.6 Å². The molecule has 0 heterocycles. The smallest absolute Gasteiger partial charge is 0.263 e. The minimum atomic E-state index is -0.415. The third kappa shape index (κ3) is 4.75. The van der Waals surface area contributed by atoms with Crippen molar-refractivity contribution in [1.82, 2.24) is 5.32 Å². The summed E-state index contributed by atoms with van der Waals surface area (Å²) in [5.41, 5.74) is 3.11. The van der Waals surface area contributed by atoms with Crippen LogP contribution >= 0.6 is 0 Å². The summed E-state index contributed by atoms with van der Waals surface area (Å²) in [7, 11) is 1.55. The molecule has 0 saturated carbocycles. The quantitative estimate of drug-likeness (QED) is 0.471. The predicted molar refractivity (Wildman–Crippen MR) is 78.1 cm³/mol. The molecule has 0 atom stereocenters. The maximum atomic E-state index is 11.7. The van der Waals surface area contributed by atoms with Crippen molar-refractivity contribution >= 4 is 11.6 Å². The number of rotatable bonds is 6. The van der Waals surface area contributed by atoms with Crippen LogP contribution in [0.1, 0.15) is 11.1 Å². The molecule has 0 saturated heterocycles. The number of carbonyl (C=O) groups excluding carboxylic acids is 1. The summed E-state index contributed by atoms with van der Waals surface area (Å²) in [5.74, 6) is -0.415. The molecule has 5 heteroatoms. The van der Waals surface area contributed by atoms with Gasteiger partial charge in [-0.2, -0.15) is 5.26 Å². The number of amides is 1. The first kappa shape index (κ1) is 15.7. The van der Waals surface area contributed by atoms with E-state index in [0.29, 0.717) is 13.2 Å². The van der Waals surface area contributed by atoms with Crippen LogP contribution in [-0.4, -0.2) is 26.2 Å². The summed E-state index contributed by atoms with van der Waals surface area (Å²) < 4.78 is 4.83. The Labute approximate surface area is 119 Å². The normalized spacial score (nSPS) is 10.8. The first-order chi connectivity index (χ1) is 9.58. The highest BCUT2D eigenvalue weighted by Crippen LogP contribution is 2.16. The van der Waals surface area contributed by atoms with Gasteiger partial charge in [0.2, 0.25) is 0 Å². The highest BCUT2D eigenvalue weighted by Gasteiger charge is 2.07. The number of methoxy groups -OCH3 is 1. The molecule has 1 amide bonds. The number of ether oxygens (including phenoxy) is 1. The van der Waals surface area contributed by atoms with E-state index in [9.17, 15) is 4.79 Å². The Kier molecular flexibility index (Phi) is 6.27. The molecule has 0 aliphatic rings. The zero-order chi connectivity index (χ0) is 15.0. The van der Waals surface area contributed by atoms with E-state index in [-0.39, 0.29) is 5.57 Å². The van der Waals surface area contributed by atoms with Gasteiger partial charge < -0.3 is 15.4 Å². The number of benzene rings is 1. The molecular weight excluding hydrogens is 254 g/mol. The van der Waals surface area contributed by atoms with Crippen molar-refractivity contribution in [3.8, 4) is 6.07 Å². The molecule has 0 unspecified atom stereocenters. The zero-order valence-electron chi connectivity index (χ0n) is 12.0. The second-order valence-electron chi connectivity index (χ2n) is 4.38. The van der Waals surface area contributed by atoms with Crippen LogP contribution in [0.4, 0.5) is 5.69 Å². The van der Waals surface area contributed by atoms with E-state index in [1.54, 1.807) is 7.11 Å². The third-order valence-electron chi connectivity index (χ3n) is 2.71. The van der Waals surface area contributed by atoms with Crippen molar-refractivity contribution in [2.75, 3.05) is 25.6 Å². The molecule has 1 aromatic carbocycles. The molecule has 0 aliphatic heterocycles. The number of aryl methyl sites for hydroxylation is 2. The van der Waals surface area contributed by atoms with E-state index >= 15 is 0 Å². The Bertz CT molecular complexity index is 545. The van der Waals surface area contributed by atoms with Gasteiger partial charge in [-0.25, -0.2) is 0 Å². The summed E-state index contributed by atoms with van der Waals surface area (Å²) in [6.07, 6.45) is 1.42. The highest BCUT2D eigenvalue weighted by atomic mass is 16.5. The standard InChI is InChI=1S/C15H19N3O2/c1-11-4-5-14(12(2)8-11)18-10-13(9-16)15(19)17-6-7-20-3/h4-5,8,10,18H,6-7H2,1-3H3,(H,17,19)/b13-10-. The highest BCUT2D eigenvalue weighted by molar-refractivity contribution is 5.97. The van der Waals surface area contributed by atoms with Crippen molar-refractivity contribution in [2.45, 2.75) is 13.8 Å². The monoisotopic (exact) mass is 273 g/mol. The summed E-state index contributed by atoms with van der Waals surface area (Å²) in [6, 6.07) is 7.79. The van der Waals surface area contributed by atoms with Crippen molar-refractivity contribution in [3.63, 3.8) is 0 Å². The van der Waals surface area contributed by atoms with Gasteiger partial charge in [-0.3, -0.25) is 4.79 Å². The van der Waals surface area contributed by atoms with Gasteiger partial charge in [0.15, 0.2) is 0 Å². The first-order valence-corrected chi connectivity index (χ1v) is 6.29. The first-order valence-electron chi connectivity index (χ1n) is 6.29. The topological polar surface area (TPSA) is 74.1 Å². The lowest BCUT2D eigenvalue weighted by Crippen LogP contribution is -2.28. The maximum absolute atomic E-state index is 11.7. The molecule has 0 radical (unpaired) electrons. The minimum Gasteiger partial charge on any atom is -0.383 e. The minimum absolute atomic E-state index is 0.0288. The number of nitrogens with zero attached hydrogens (tertiary/aromatic N) is 1. The van der Waals surface area contributed by atoms with Gasteiger partial charge in [0.25, 0.3) is 5.91 Å². The number of carbonyl (C=O) groups is 1. The van der Waals surface area contributed by atoms with Gasteiger partial charge in [-0.15, -0.1) is 0 Å². The van der Waals surface area contributed by atoms with E-state index in [4.69, 9.17) is 10.00 Å². The van der Waals surface area contributed by atoms with Crippen molar-refractivity contribution < 1.29 is 9.53 Å². The second-order valence-corrected chi connectivity index (χ2v) is 4.38. The van der Waals surface area contributed by atoms with E-state index in [1.165, 1.54) is 6.20 Å². The lowest BCUT2D eigenvalue weighted by molar-refractivity contribution is -0.117. The molecule has 106 valence electrons. The molecule has 0 bridgehead atoms. The van der Waals surface area contributed by atoms with Crippen LogP contribution in [-0.2, 0) is 9.53 Å². The number of anilines is 1. The summed E-state index contributed by atoms with van der Waals surface area (Å²) in [6.45, 7) is 4.76. The van der Waals surface area contributed by atoms with Crippen LogP contribution in [0.15, 0.2) is 30.0 Å². The van der Waals surface area contributed by atoms with Crippen LogP contribution in [0.2, 0.25) is 0 Å². The average molecular weight is 273 g/mol. The molecule has 2 N–H and O–H groups in total. The fraction of sp³-hybridized carbons (Fsp3) is 0.333. The van der Waals surface area contributed by atoms with E-state index in [0.717, 1.165) is 16.8 Å². The van der Waals surface area contributed by atoms with Gasteiger partial charge in [0.05, 0.1) is 6.61 Å². The summed E-state index contributed by atoms with van der Waals surface area (Å²) in [4.78, 5) is 11.7. The van der Waals surface area contributed by atoms with Crippen molar-refractivity contribution in [3.05, 3.63) is 41.1 Å². The lowest BCUT2D eigenvalue weighted by Gasteiger charge is -2.07. The second kappa shape index (κ2) is 7.97. The largest absolute Gasteiger partial charge is 0.383 e. The molecule has 0 spiro atoms. The maximum Gasteiger partial charge on any atom is 0.263 e. The van der Waals surface area contributed by atoms with Crippen LogP contribution in [0.3, 0.4) is 0 Å². The zero-order valence-corrected chi connectivity index (χ0v) is 12.0. The molecule has 1 rings (SSSR count). The molecule has 0 fully saturated rings. The van der Waals surface area contributed by atoms with Gasteiger partial charge in [0, 0.05) is 25.5 Å². The number of hydrogen-bond donors (Lipinski definition) is 2. The Morgan fingerprint density at radius 2 is 2.20 bits per heavy atom. The van der Waals surface area contributed by atoms with Crippen LogP contribution < -0.4 is 10.6 Å². The van der Waals surface area contributed by atoms with Crippen molar-refractivity contribution in [1.29, 1.82) is 5.26 Å². The Morgan fingerprint density at radius 3 is 2.80 bits per heavy atom. The number of nitrogens with one attached hydrogen (secondary N) is 2. The molecular formula is C15H19N3O2. The van der Waals surface area contributed by atoms with Crippen LogP contribution in [0, 0.1) is 25.2 Å². The fourth-order valence-corrected chi connectivity index (χ4v) is 1.64. The molecule has 20 heavy (non-hydrogen) atoms. The number of hydrogen-bond acceptors (Lipinski definition) is 4. The molecule has 0 aromatic heterocycles. The number of nitriles is 1. The Morgan fingerprint density at radius 1 is 1.45 bits per heavy atom. The SMILES string of the molecule is COCCNC(=O)/C(C#N)=C\Nc1ccc(C)cc1C. The van der Waals surface area contributed by atoms with Crippen LogP contribution in [0.5, 0.6) is 0 Å². The van der Waals surface area contributed by atoms with E-state index < -0.39 is 5.91 Å². The fourth-order valence-electron chi connectivity index (χ4n) is 1.64. The Hall–Kier alpha value is -2.32. The Balaban J connectivity index is 2.70. The van der Waals surface area contributed by atoms with Crippen LogP contribution in [0.25, 0.3) is 0 Å². The summed E-state index contributed by atoms with van der Waals surface area (Å²) >= 11 is 0. The van der Waals surface area contributed by atoms with E-state index in [2.05, 4.69) is 10.6 Å². The molecule has 1 aromatic rings. The summed E-state index contributed by atoms with van der Waals surface area (Å²) in [5, 5.41) is 14.6. The predicted octanol–water partition coefficient (Wildman–Crippen LogP) is 1.89. The van der Waals surface area contributed by atoms with Gasteiger partial charge >= 0.3 is 0 Å². The van der Waals surface area contributed by atoms with E-state index in [1.807, 2.05) is 38.1 Å². The third-order valence-corrected chi connectivity index (χ3v) is 2.71. The van der Waals surface area contributed by atoms with Crippen molar-refractivity contribution in [2.24, 2.45) is 0 Å².